The monoisotopic (exact) mass is 220 g/mol. The largest absolute Gasteiger partial charge is 0.317 e. The van der Waals surface area contributed by atoms with Gasteiger partial charge < -0.3 is 10.2 Å². The number of nitrogens with one attached hydrogen (secondary N) is 1. The highest BCUT2D eigenvalue weighted by atomic mass is 35.5. The van der Waals surface area contributed by atoms with Crippen molar-refractivity contribution in [1.82, 2.24) is 10.2 Å². The zero-order valence-electron chi connectivity index (χ0n) is 9.69. The SMILES string of the molecule is CN(C)CCCNCCCCCCCl. The lowest BCUT2D eigenvalue weighted by molar-refractivity contribution is 0.394. The van der Waals surface area contributed by atoms with E-state index in [0.29, 0.717) is 0 Å². The highest BCUT2D eigenvalue weighted by Crippen LogP contribution is 1.99. The molecule has 0 saturated carbocycles. The lowest BCUT2D eigenvalue weighted by Gasteiger charge is -2.09. The summed E-state index contributed by atoms with van der Waals surface area (Å²) in [7, 11) is 4.23. The van der Waals surface area contributed by atoms with Gasteiger partial charge in [-0.05, 0) is 53.0 Å². The Balaban J connectivity index is 2.85. The molecule has 0 fully saturated rings. The third kappa shape index (κ3) is 12.2. The van der Waals surface area contributed by atoms with E-state index in [-0.39, 0.29) is 0 Å². The van der Waals surface area contributed by atoms with Crippen LogP contribution in [0.15, 0.2) is 0 Å². The predicted octanol–water partition coefficient (Wildman–Crippen LogP) is 2.33. The van der Waals surface area contributed by atoms with Crippen LogP contribution in [0.1, 0.15) is 32.1 Å². The van der Waals surface area contributed by atoms with E-state index in [1.807, 2.05) is 0 Å². The average molecular weight is 221 g/mol. The molecule has 0 aromatic carbocycles. The molecule has 0 atom stereocenters. The Morgan fingerprint density at radius 1 is 0.929 bits per heavy atom. The van der Waals surface area contributed by atoms with Gasteiger partial charge in [-0.15, -0.1) is 11.6 Å². The first-order chi connectivity index (χ1) is 6.77. The smallest absolute Gasteiger partial charge is 0.0223 e. The zero-order valence-corrected chi connectivity index (χ0v) is 10.4. The number of alkyl halides is 1. The number of hydrogen-bond acceptors (Lipinski definition) is 2. The van der Waals surface area contributed by atoms with Crippen molar-refractivity contribution < 1.29 is 0 Å². The van der Waals surface area contributed by atoms with Crippen LogP contribution in [0, 0.1) is 0 Å². The molecule has 0 aromatic rings. The van der Waals surface area contributed by atoms with Gasteiger partial charge >= 0.3 is 0 Å². The number of halogens is 1. The maximum atomic E-state index is 5.59. The predicted molar refractivity (Wildman–Crippen MR) is 65.2 cm³/mol. The van der Waals surface area contributed by atoms with Gasteiger partial charge in [0.15, 0.2) is 0 Å². The lowest BCUT2D eigenvalue weighted by atomic mass is 10.2. The third-order valence-corrected chi connectivity index (χ3v) is 2.46. The van der Waals surface area contributed by atoms with Gasteiger partial charge in [0.2, 0.25) is 0 Å². The quantitative estimate of drug-likeness (QED) is 0.449. The number of rotatable bonds is 10. The minimum atomic E-state index is 0.816. The van der Waals surface area contributed by atoms with Gasteiger partial charge in [0.25, 0.3) is 0 Å². The van der Waals surface area contributed by atoms with Crippen molar-refractivity contribution >= 4 is 11.6 Å². The normalized spacial score (nSPS) is 11.1. The average Bonchev–Trinajstić information content (AvgIpc) is 2.15. The molecule has 0 heterocycles. The molecular formula is C11H25ClN2. The lowest BCUT2D eigenvalue weighted by Crippen LogP contribution is -2.22. The van der Waals surface area contributed by atoms with Crippen LogP contribution in [0.3, 0.4) is 0 Å². The molecule has 0 saturated heterocycles. The summed E-state index contributed by atoms with van der Waals surface area (Å²) in [5.74, 6) is 0.816. The van der Waals surface area contributed by atoms with Crippen LogP contribution in [0.2, 0.25) is 0 Å². The fourth-order valence-electron chi connectivity index (χ4n) is 1.34. The van der Waals surface area contributed by atoms with Crippen LogP contribution in [0.5, 0.6) is 0 Å². The molecule has 0 unspecified atom stereocenters. The summed E-state index contributed by atoms with van der Waals surface area (Å²) in [6.07, 6.45) is 6.30. The minimum absolute atomic E-state index is 0.816. The summed E-state index contributed by atoms with van der Waals surface area (Å²) in [5, 5.41) is 3.46. The maximum Gasteiger partial charge on any atom is 0.0223 e. The fourth-order valence-corrected chi connectivity index (χ4v) is 1.53. The minimum Gasteiger partial charge on any atom is -0.317 e. The zero-order chi connectivity index (χ0) is 10.6. The number of unbranched alkanes of at least 4 members (excludes halogenated alkanes) is 3. The Labute approximate surface area is 94.0 Å². The summed E-state index contributed by atoms with van der Waals surface area (Å²) >= 11 is 5.59. The Morgan fingerprint density at radius 2 is 1.57 bits per heavy atom. The second-order valence-electron chi connectivity index (χ2n) is 4.01. The van der Waals surface area contributed by atoms with Crippen LogP contribution in [0.25, 0.3) is 0 Å². The first kappa shape index (κ1) is 14.2. The van der Waals surface area contributed by atoms with Crippen molar-refractivity contribution in [2.24, 2.45) is 0 Å². The molecule has 0 aliphatic heterocycles. The highest BCUT2D eigenvalue weighted by Gasteiger charge is 1.91. The van der Waals surface area contributed by atoms with Gasteiger partial charge in [-0.1, -0.05) is 12.8 Å². The molecule has 1 N–H and O–H groups in total. The summed E-state index contributed by atoms with van der Waals surface area (Å²) in [4.78, 5) is 2.22. The second-order valence-corrected chi connectivity index (χ2v) is 4.39. The molecule has 3 heteroatoms. The van der Waals surface area contributed by atoms with E-state index >= 15 is 0 Å². The molecule has 86 valence electrons. The molecule has 0 aliphatic carbocycles. The fraction of sp³-hybridized carbons (Fsp3) is 1.00. The molecule has 2 nitrogen and oxygen atoms in total. The highest BCUT2D eigenvalue weighted by molar-refractivity contribution is 6.17. The van der Waals surface area contributed by atoms with E-state index in [9.17, 15) is 0 Å². The summed E-state index contributed by atoms with van der Waals surface area (Å²) in [6, 6.07) is 0. The summed E-state index contributed by atoms with van der Waals surface area (Å²) in [5.41, 5.74) is 0. The second kappa shape index (κ2) is 11.3. The Hall–Kier alpha value is 0.210. The molecule has 14 heavy (non-hydrogen) atoms. The van der Waals surface area contributed by atoms with Crippen LogP contribution in [-0.2, 0) is 0 Å². The maximum absolute atomic E-state index is 5.59. The van der Waals surface area contributed by atoms with E-state index < -0.39 is 0 Å². The van der Waals surface area contributed by atoms with E-state index in [1.54, 1.807) is 0 Å². The standard InChI is InChI=1S/C11H25ClN2/c1-14(2)11-7-10-13-9-6-4-3-5-8-12/h13H,3-11H2,1-2H3. The molecule has 0 aliphatic rings. The molecule has 0 spiro atoms. The van der Waals surface area contributed by atoms with Crippen LogP contribution < -0.4 is 5.32 Å². The van der Waals surface area contributed by atoms with Crippen LogP contribution >= 0.6 is 11.6 Å². The van der Waals surface area contributed by atoms with Crippen molar-refractivity contribution in [3.05, 3.63) is 0 Å². The Morgan fingerprint density at radius 3 is 2.21 bits per heavy atom. The Kier molecular flexibility index (Phi) is 11.5. The van der Waals surface area contributed by atoms with Gasteiger partial charge in [0.1, 0.15) is 0 Å². The van der Waals surface area contributed by atoms with Crippen molar-refractivity contribution in [2.45, 2.75) is 32.1 Å². The van der Waals surface area contributed by atoms with Crippen LogP contribution in [0.4, 0.5) is 0 Å². The summed E-state index contributed by atoms with van der Waals surface area (Å²) in [6.45, 7) is 3.49. The topological polar surface area (TPSA) is 15.3 Å². The molecule has 0 bridgehead atoms. The van der Waals surface area contributed by atoms with Crippen LogP contribution in [-0.4, -0.2) is 44.5 Å². The first-order valence-corrected chi connectivity index (χ1v) is 6.22. The van der Waals surface area contributed by atoms with Crippen molar-refractivity contribution in [1.29, 1.82) is 0 Å². The van der Waals surface area contributed by atoms with E-state index in [0.717, 1.165) is 19.0 Å². The Bertz CT molecular complexity index is 107. The van der Waals surface area contributed by atoms with E-state index in [4.69, 9.17) is 11.6 Å². The van der Waals surface area contributed by atoms with Gasteiger partial charge in [-0.3, -0.25) is 0 Å². The molecule has 0 amide bonds. The van der Waals surface area contributed by atoms with Gasteiger partial charge in [0.05, 0.1) is 0 Å². The van der Waals surface area contributed by atoms with Gasteiger partial charge in [-0.25, -0.2) is 0 Å². The summed E-state index contributed by atoms with van der Waals surface area (Å²) < 4.78 is 0. The molecular weight excluding hydrogens is 196 g/mol. The van der Waals surface area contributed by atoms with Crippen molar-refractivity contribution in [3.8, 4) is 0 Å². The number of hydrogen-bond donors (Lipinski definition) is 1. The third-order valence-electron chi connectivity index (χ3n) is 2.20. The number of nitrogens with zero attached hydrogens (tertiary/aromatic N) is 1. The first-order valence-electron chi connectivity index (χ1n) is 5.69. The van der Waals surface area contributed by atoms with E-state index in [2.05, 4.69) is 24.3 Å². The van der Waals surface area contributed by atoms with E-state index in [1.165, 1.54) is 38.6 Å². The van der Waals surface area contributed by atoms with Gasteiger partial charge in [0, 0.05) is 5.88 Å². The van der Waals surface area contributed by atoms with Crippen molar-refractivity contribution in [3.63, 3.8) is 0 Å². The molecule has 0 aromatic heterocycles. The molecule has 0 rings (SSSR count). The van der Waals surface area contributed by atoms with Gasteiger partial charge in [-0.2, -0.15) is 0 Å². The molecule has 0 radical (unpaired) electrons. The van der Waals surface area contributed by atoms with Crippen molar-refractivity contribution in [2.75, 3.05) is 39.6 Å².